The molecule has 12 heteroatoms. The molecule has 1 aliphatic rings. The molecule has 2 aromatic rings. The van der Waals surface area contributed by atoms with Gasteiger partial charge >= 0.3 is 18.2 Å². The summed E-state index contributed by atoms with van der Waals surface area (Å²) >= 11 is 11.2. The van der Waals surface area contributed by atoms with Gasteiger partial charge in [0.2, 0.25) is 0 Å². The van der Waals surface area contributed by atoms with E-state index in [0.29, 0.717) is 41.3 Å². The van der Waals surface area contributed by atoms with E-state index in [0.717, 1.165) is 18.4 Å². The van der Waals surface area contributed by atoms with Gasteiger partial charge in [-0.05, 0) is 48.1 Å². The van der Waals surface area contributed by atoms with Crippen molar-refractivity contribution in [1.82, 2.24) is 4.90 Å². The quantitative estimate of drug-likeness (QED) is 0.411. The number of halogens is 5. The minimum atomic E-state index is -5.08. The molecule has 7 nitrogen and oxygen atoms in total. The van der Waals surface area contributed by atoms with Crippen LogP contribution in [0.25, 0.3) is 0 Å². The number of carboxylic acid groups (broad SMARTS) is 2. The Labute approximate surface area is 198 Å². The fraction of sp³-hybridized carbons (Fsp3) is 0.333. The number of hydrogen-bond acceptors (Lipinski definition) is 4. The molecule has 3 rings (SSSR count). The number of alkyl halides is 3. The van der Waals surface area contributed by atoms with E-state index < -0.39 is 18.2 Å². The van der Waals surface area contributed by atoms with E-state index in [9.17, 15) is 18.0 Å². The number of aliphatic carboxylic acids is 1. The second-order valence-corrected chi connectivity index (χ2v) is 7.78. The fourth-order valence-corrected chi connectivity index (χ4v) is 3.20. The Morgan fingerprint density at radius 2 is 1.61 bits per heavy atom. The minimum Gasteiger partial charge on any atom is -0.475 e. The molecule has 0 saturated carbocycles. The number of anilines is 1. The van der Waals surface area contributed by atoms with Crippen LogP contribution in [0.1, 0.15) is 29.9 Å². The Hall–Kier alpha value is -2.69. The Morgan fingerprint density at radius 1 is 1.03 bits per heavy atom. The summed E-state index contributed by atoms with van der Waals surface area (Å²) < 4.78 is 31.7. The van der Waals surface area contributed by atoms with Crippen LogP contribution >= 0.6 is 23.2 Å². The number of likely N-dealkylation sites (tertiary alicyclic amines) is 1. The lowest BCUT2D eigenvalue weighted by Crippen LogP contribution is -2.36. The number of amides is 1. The second-order valence-electron chi connectivity index (χ2n) is 6.97. The minimum absolute atomic E-state index is 0.470. The Morgan fingerprint density at radius 3 is 2.03 bits per heavy atom. The summed E-state index contributed by atoms with van der Waals surface area (Å²) in [7, 11) is 0. The van der Waals surface area contributed by atoms with Crippen molar-refractivity contribution in [3.63, 3.8) is 0 Å². The highest BCUT2D eigenvalue weighted by atomic mass is 35.5. The molecular formula is C21H24Cl2F3N3O4. The van der Waals surface area contributed by atoms with Gasteiger partial charge < -0.3 is 26.6 Å². The summed E-state index contributed by atoms with van der Waals surface area (Å²) in [6.45, 7) is 1.82. The number of nitrogens with zero attached hydrogens (tertiary/aromatic N) is 1. The van der Waals surface area contributed by atoms with E-state index in [1.165, 1.54) is 10.5 Å². The Balaban J connectivity index is 0.000000286. The highest BCUT2D eigenvalue weighted by Crippen LogP contribution is 2.28. The second kappa shape index (κ2) is 13.1. The van der Waals surface area contributed by atoms with Crippen LogP contribution in [-0.4, -0.2) is 46.4 Å². The molecular weight excluding hydrogens is 486 g/mol. The lowest BCUT2D eigenvalue weighted by atomic mass is 9.89. The summed E-state index contributed by atoms with van der Waals surface area (Å²) in [6, 6.07) is 13.3. The first-order valence-electron chi connectivity index (χ1n) is 9.62. The molecule has 0 unspecified atom stereocenters. The summed E-state index contributed by atoms with van der Waals surface area (Å²) in [6.07, 6.45) is -4.08. The standard InChI is InChI=1S/C13H18N2O2.C6H5Cl2N.C2HF3O2/c14-9-10-2-1-3-12(8-10)11-4-6-15(7-5-11)13(16)17;7-5-2-1-4(9)3-6(5)8;3-2(4,5)1(6)7/h1-3,8,11H,4-7,9,14H2,(H,16,17);1-3H,9H2;(H,6,7). The van der Waals surface area contributed by atoms with E-state index in [1.807, 2.05) is 12.1 Å². The molecule has 0 bridgehead atoms. The monoisotopic (exact) mass is 509 g/mol. The zero-order chi connectivity index (χ0) is 25.2. The van der Waals surface area contributed by atoms with Crippen molar-refractivity contribution in [3.8, 4) is 0 Å². The van der Waals surface area contributed by atoms with Crippen LogP contribution in [-0.2, 0) is 11.3 Å². The summed E-state index contributed by atoms with van der Waals surface area (Å²) in [5.41, 5.74) is 14.1. The molecule has 0 aromatic heterocycles. The van der Waals surface area contributed by atoms with Crippen molar-refractivity contribution < 1.29 is 33.0 Å². The average molecular weight is 510 g/mol. The third kappa shape index (κ3) is 10.2. The van der Waals surface area contributed by atoms with Crippen LogP contribution in [0.15, 0.2) is 42.5 Å². The van der Waals surface area contributed by atoms with Crippen LogP contribution in [0.5, 0.6) is 0 Å². The molecule has 1 saturated heterocycles. The van der Waals surface area contributed by atoms with E-state index in [4.69, 9.17) is 49.7 Å². The van der Waals surface area contributed by atoms with Gasteiger partial charge in [0.1, 0.15) is 0 Å². The summed E-state index contributed by atoms with van der Waals surface area (Å²) in [5, 5.41) is 17.0. The van der Waals surface area contributed by atoms with Gasteiger partial charge in [-0.2, -0.15) is 13.2 Å². The number of benzene rings is 2. The highest BCUT2D eigenvalue weighted by Gasteiger charge is 2.38. The third-order valence-electron chi connectivity index (χ3n) is 4.61. The zero-order valence-corrected chi connectivity index (χ0v) is 18.9. The molecule has 1 aliphatic heterocycles. The van der Waals surface area contributed by atoms with E-state index in [-0.39, 0.29) is 0 Å². The number of nitrogens with two attached hydrogens (primary N) is 2. The van der Waals surface area contributed by atoms with Crippen LogP contribution in [0.2, 0.25) is 10.0 Å². The van der Waals surface area contributed by atoms with E-state index in [2.05, 4.69) is 12.1 Å². The summed E-state index contributed by atoms with van der Waals surface area (Å²) in [5.74, 6) is -2.29. The Bertz CT molecular complexity index is 937. The molecule has 33 heavy (non-hydrogen) atoms. The van der Waals surface area contributed by atoms with Crippen LogP contribution in [0, 0.1) is 0 Å². The zero-order valence-electron chi connectivity index (χ0n) is 17.4. The first-order chi connectivity index (χ1) is 15.3. The van der Waals surface area contributed by atoms with Gasteiger partial charge in [0.15, 0.2) is 0 Å². The third-order valence-corrected chi connectivity index (χ3v) is 5.35. The molecule has 182 valence electrons. The van der Waals surface area contributed by atoms with E-state index in [1.54, 1.807) is 18.2 Å². The molecule has 1 amide bonds. The van der Waals surface area contributed by atoms with Crippen molar-refractivity contribution in [3.05, 3.63) is 63.6 Å². The maximum atomic E-state index is 10.8. The molecule has 1 fully saturated rings. The molecule has 0 atom stereocenters. The number of piperidine rings is 1. The lowest BCUT2D eigenvalue weighted by Gasteiger charge is -2.30. The molecule has 1 heterocycles. The smallest absolute Gasteiger partial charge is 0.475 e. The van der Waals surface area contributed by atoms with Crippen LogP contribution in [0.3, 0.4) is 0 Å². The largest absolute Gasteiger partial charge is 0.490 e. The summed E-state index contributed by atoms with van der Waals surface area (Å²) in [4.78, 5) is 21.2. The maximum Gasteiger partial charge on any atom is 0.490 e. The molecule has 0 aliphatic carbocycles. The molecule has 0 spiro atoms. The van der Waals surface area contributed by atoms with Gasteiger partial charge in [-0.1, -0.05) is 47.5 Å². The maximum absolute atomic E-state index is 10.8. The van der Waals surface area contributed by atoms with Crippen LogP contribution in [0.4, 0.5) is 23.7 Å². The van der Waals surface area contributed by atoms with Gasteiger partial charge in [-0.25, -0.2) is 9.59 Å². The molecule has 2 aromatic carbocycles. The fourth-order valence-electron chi connectivity index (χ4n) is 2.89. The van der Waals surface area contributed by atoms with Gasteiger partial charge in [-0.15, -0.1) is 0 Å². The molecule has 0 radical (unpaired) electrons. The predicted molar refractivity (Wildman–Crippen MR) is 120 cm³/mol. The van der Waals surface area contributed by atoms with Gasteiger partial charge in [-0.3, -0.25) is 0 Å². The Kier molecular flexibility index (Phi) is 11.3. The number of carboxylic acids is 1. The number of carbonyl (C=O) groups is 2. The lowest BCUT2D eigenvalue weighted by molar-refractivity contribution is -0.192. The van der Waals surface area contributed by atoms with Crippen molar-refractivity contribution in [1.29, 1.82) is 0 Å². The van der Waals surface area contributed by atoms with Crippen molar-refractivity contribution in [2.75, 3.05) is 18.8 Å². The predicted octanol–water partition coefficient (Wildman–Crippen LogP) is 5.21. The first-order valence-corrected chi connectivity index (χ1v) is 10.4. The SMILES string of the molecule is NCc1cccc(C2CCN(C(=O)O)CC2)c1.Nc1ccc(Cl)c(Cl)c1.O=C(O)C(F)(F)F. The number of hydrogen-bond donors (Lipinski definition) is 4. The number of rotatable bonds is 2. The topological polar surface area (TPSA) is 130 Å². The average Bonchev–Trinajstić information content (AvgIpc) is 2.77. The van der Waals surface area contributed by atoms with Gasteiger partial charge in [0.05, 0.1) is 10.0 Å². The first kappa shape index (κ1) is 28.3. The number of nitrogen functional groups attached to an aromatic ring is 1. The van der Waals surface area contributed by atoms with Gasteiger partial charge in [0, 0.05) is 25.3 Å². The molecule has 6 N–H and O–H groups in total. The van der Waals surface area contributed by atoms with Crippen molar-refractivity contribution >= 4 is 41.0 Å². The van der Waals surface area contributed by atoms with E-state index >= 15 is 0 Å². The highest BCUT2D eigenvalue weighted by molar-refractivity contribution is 6.42. The van der Waals surface area contributed by atoms with Crippen LogP contribution < -0.4 is 11.5 Å². The van der Waals surface area contributed by atoms with Gasteiger partial charge in [0.25, 0.3) is 0 Å². The normalized spacial score (nSPS) is 13.8. The van der Waals surface area contributed by atoms with Crippen molar-refractivity contribution in [2.24, 2.45) is 5.73 Å². The van der Waals surface area contributed by atoms with Crippen molar-refractivity contribution in [2.45, 2.75) is 31.5 Å².